The molecule has 0 bridgehead atoms. The van der Waals surface area contributed by atoms with Gasteiger partial charge in [0.05, 0.1) is 0 Å². The number of benzene rings is 1. The molecule has 128 valence electrons. The summed E-state index contributed by atoms with van der Waals surface area (Å²) in [7, 11) is 0. The van der Waals surface area contributed by atoms with E-state index in [4.69, 9.17) is 4.74 Å². The Kier molecular flexibility index (Phi) is 6.48. The zero-order valence-electron chi connectivity index (χ0n) is 14.2. The fraction of sp³-hybridized carbons (Fsp3) is 0.611. The third-order valence-corrected chi connectivity index (χ3v) is 4.52. The van der Waals surface area contributed by atoms with Crippen LogP contribution in [0.4, 0.5) is 4.79 Å². The van der Waals surface area contributed by atoms with E-state index in [0.29, 0.717) is 18.5 Å². The van der Waals surface area contributed by atoms with Crippen molar-refractivity contribution in [2.75, 3.05) is 6.54 Å². The minimum absolute atomic E-state index is 0.324. The number of hydrogen-bond acceptors (Lipinski definition) is 3. The fourth-order valence-corrected chi connectivity index (χ4v) is 3.42. The molecule has 23 heavy (non-hydrogen) atoms. The van der Waals surface area contributed by atoms with Gasteiger partial charge in [-0.1, -0.05) is 34.5 Å². The largest absolute Gasteiger partial charge is 0.444 e. The van der Waals surface area contributed by atoms with Crippen LogP contribution in [0.5, 0.6) is 0 Å². The summed E-state index contributed by atoms with van der Waals surface area (Å²) in [5, 5.41) is 6.54. The predicted octanol–water partition coefficient (Wildman–Crippen LogP) is 4.23. The Balaban J connectivity index is 1.77. The number of carbonyl (C=O) groups is 1. The Morgan fingerprint density at radius 1 is 1.35 bits per heavy atom. The predicted molar refractivity (Wildman–Crippen MR) is 96.3 cm³/mol. The Morgan fingerprint density at radius 2 is 2.13 bits per heavy atom. The Bertz CT molecular complexity index is 528. The van der Waals surface area contributed by atoms with E-state index in [-0.39, 0.29) is 6.09 Å². The summed E-state index contributed by atoms with van der Waals surface area (Å²) in [6.07, 6.45) is 3.19. The molecule has 0 saturated heterocycles. The molecule has 1 aliphatic rings. The number of alkyl carbamates (subject to hydrolysis) is 1. The summed E-state index contributed by atoms with van der Waals surface area (Å²) in [6, 6.07) is 8.80. The highest BCUT2D eigenvalue weighted by molar-refractivity contribution is 9.10. The van der Waals surface area contributed by atoms with Gasteiger partial charge in [-0.25, -0.2) is 4.79 Å². The van der Waals surface area contributed by atoms with Crippen molar-refractivity contribution in [3.05, 3.63) is 34.3 Å². The lowest BCUT2D eigenvalue weighted by Crippen LogP contribution is -2.40. The average molecular weight is 383 g/mol. The standard InChI is InChI=1S/C18H27BrN2O2/c1-18(2,3)23-17(22)21-12-14-7-5-9-16(14)20-11-13-6-4-8-15(19)10-13/h4,6,8,10,14,16,20H,5,7,9,11-12H2,1-3H3,(H,21,22). The van der Waals surface area contributed by atoms with Crippen molar-refractivity contribution in [1.29, 1.82) is 0 Å². The van der Waals surface area contributed by atoms with E-state index in [2.05, 4.69) is 44.8 Å². The number of amides is 1. The molecule has 2 rings (SSSR count). The van der Waals surface area contributed by atoms with Crippen molar-refractivity contribution >= 4 is 22.0 Å². The first-order valence-electron chi connectivity index (χ1n) is 8.28. The van der Waals surface area contributed by atoms with Crippen LogP contribution in [0.25, 0.3) is 0 Å². The number of hydrogen-bond donors (Lipinski definition) is 2. The van der Waals surface area contributed by atoms with Crippen LogP contribution < -0.4 is 10.6 Å². The topological polar surface area (TPSA) is 50.4 Å². The van der Waals surface area contributed by atoms with E-state index >= 15 is 0 Å². The van der Waals surface area contributed by atoms with Crippen LogP contribution >= 0.6 is 15.9 Å². The molecule has 1 aliphatic carbocycles. The third-order valence-electron chi connectivity index (χ3n) is 4.02. The van der Waals surface area contributed by atoms with Crippen LogP contribution in [0.2, 0.25) is 0 Å². The molecule has 0 radical (unpaired) electrons. The molecule has 0 spiro atoms. The van der Waals surface area contributed by atoms with E-state index in [1.54, 1.807) is 0 Å². The lowest BCUT2D eigenvalue weighted by molar-refractivity contribution is 0.0517. The molecular formula is C18H27BrN2O2. The smallest absolute Gasteiger partial charge is 0.407 e. The van der Waals surface area contributed by atoms with Gasteiger partial charge in [0.25, 0.3) is 0 Å². The van der Waals surface area contributed by atoms with Gasteiger partial charge in [0.15, 0.2) is 0 Å². The molecule has 1 saturated carbocycles. The molecule has 2 N–H and O–H groups in total. The van der Waals surface area contributed by atoms with Gasteiger partial charge in [-0.05, 0) is 57.2 Å². The van der Waals surface area contributed by atoms with E-state index < -0.39 is 5.60 Å². The minimum Gasteiger partial charge on any atom is -0.444 e. The lowest BCUT2D eigenvalue weighted by atomic mass is 10.0. The highest BCUT2D eigenvalue weighted by Gasteiger charge is 2.27. The van der Waals surface area contributed by atoms with Gasteiger partial charge < -0.3 is 15.4 Å². The fourth-order valence-electron chi connectivity index (χ4n) is 2.97. The summed E-state index contributed by atoms with van der Waals surface area (Å²) >= 11 is 3.50. The van der Waals surface area contributed by atoms with Crippen molar-refractivity contribution in [1.82, 2.24) is 10.6 Å². The van der Waals surface area contributed by atoms with E-state index in [0.717, 1.165) is 23.9 Å². The first-order valence-corrected chi connectivity index (χ1v) is 9.07. The average Bonchev–Trinajstić information content (AvgIpc) is 2.88. The van der Waals surface area contributed by atoms with Crippen LogP contribution in [0, 0.1) is 5.92 Å². The van der Waals surface area contributed by atoms with Crippen LogP contribution in [0.3, 0.4) is 0 Å². The number of rotatable bonds is 5. The monoisotopic (exact) mass is 382 g/mol. The van der Waals surface area contributed by atoms with Crippen molar-refractivity contribution in [2.45, 2.75) is 58.2 Å². The molecule has 4 nitrogen and oxygen atoms in total. The van der Waals surface area contributed by atoms with Crippen molar-refractivity contribution in [2.24, 2.45) is 5.92 Å². The molecule has 1 aromatic rings. The van der Waals surface area contributed by atoms with Gasteiger partial charge in [-0.2, -0.15) is 0 Å². The molecule has 0 heterocycles. The first kappa shape index (κ1) is 18.3. The molecular weight excluding hydrogens is 356 g/mol. The van der Waals surface area contributed by atoms with Crippen LogP contribution in [0.15, 0.2) is 28.7 Å². The lowest BCUT2D eigenvalue weighted by Gasteiger charge is -2.24. The molecule has 1 fully saturated rings. The minimum atomic E-state index is -0.446. The maximum Gasteiger partial charge on any atom is 0.407 e. The van der Waals surface area contributed by atoms with Crippen molar-refractivity contribution < 1.29 is 9.53 Å². The highest BCUT2D eigenvalue weighted by atomic mass is 79.9. The number of ether oxygens (including phenoxy) is 1. The van der Waals surface area contributed by atoms with E-state index in [1.807, 2.05) is 26.8 Å². The summed E-state index contributed by atoms with van der Waals surface area (Å²) < 4.78 is 6.40. The van der Waals surface area contributed by atoms with E-state index in [9.17, 15) is 4.79 Å². The molecule has 1 amide bonds. The number of nitrogens with one attached hydrogen (secondary N) is 2. The summed E-state index contributed by atoms with van der Waals surface area (Å²) in [5.74, 6) is 0.467. The van der Waals surface area contributed by atoms with Crippen LogP contribution in [-0.2, 0) is 11.3 Å². The van der Waals surface area contributed by atoms with Crippen LogP contribution in [-0.4, -0.2) is 24.3 Å². The SMILES string of the molecule is CC(C)(C)OC(=O)NCC1CCCC1NCc1cccc(Br)c1. The van der Waals surface area contributed by atoms with E-state index in [1.165, 1.54) is 12.0 Å². The zero-order chi connectivity index (χ0) is 16.9. The summed E-state index contributed by atoms with van der Waals surface area (Å²) in [6.45, 7) is 7.16. The Morgan fingerprint density at radius 3 is 2.83 bits per heavy atom. The maximum atomic E-state index is 11.8. The Labute approximate surface area is 147 Å². The molecule has 0 aliphatic heterocycles. The van der Waals surface area contributed by atoms with Gasteiger partial charge in [0, 0.05) is 23.6 Å². The molecule has 1 aromatic carbocycles. The van der Waals surface area contributed by atoms with Gasteiger partial charge in [0.1, 0.15) is 5.60 Å². The Hall–Kier alpha value is -1.07. The number of halogens is 1. The normalized spacial score (nSPS) is 21.2. The van der Waals surface area contributed by atoms with Crippen molar-refractivity contribution in [3.63, 3.8) is 0 Å². The molecule has 2 unspecified atom stereocenters. The second-order valence-corrected chi connectivity index (χ2v) is 8.11. The molecule has 0 aromatic heterocycles. The van der Waals surface area contributed by atoms with Crippen molar-refractivity contribution in [3.8, 4) is 0 Å². The molecule has 5 heteroatoms. The second-order valence-electron chi connectivity index (χ2n) is 7.19. The van der Waals surface area contributed by atoms with Crippen LogP contribution in [0.1, 0.15) is 45.6 Å². The quantitative estimate of drug-likeness (QED) is 0.800. The zero-order valence-corrected chi connectivity index (χ0v) is 15.8. The second kappa shape index (κ2) is 8.15. The maximum absolute atomic E-state index is 11.8. The van der Waals surface area contributed by atoms with Gasteiger partial charge in [0.2, 0.25) is 0 Å². The molecule has 2 atom stereocenters. The summed E-state index contributed by atoms with van der Waals surface area (Å²) in [4.78, 5) is 11.8. The number of carbonyl (C=O) groups excluding carboxylic acids is 1. The first-order chi connectivity index (χ1) is 10.8. The van der Waals surface area contributed by atoms with Gasteiger partial charge in [-0.3, -0.25) is 0 Å². The highest BCUT2D eigenvalue weighted by Crippen LogP contribution is 2.25. The third kappa shape index (κ3) is 6.51. The van der Waals surface area contributed by atoms with Gasteiger partial charge in [-0.15, -0.1) is 0 Å². The summed E-state index contributed by atoms with van der Waals surface area (Å²) in [5.41, 5.74) is 0.822. The van der Waals surface area contributed by atoms with Gasteiger partial charge >= 0.3 is 6.09 Å².